The average Bonchev–Trinajstić information content (AvgIpc) is 2.39. The van der Waals surface area contributed by atoms with Crippen LogP contribution in [0.25, 0.3) is 0 Å². The van der Waals surface area contributed by atoms with E-state index in [-0.39, 0.29) is 17.3 Å². The third-order valence-corrected chi connectivity index (χ3v) is 4.59. The molecule has 0 aromatic heterocycles. The summed E-state index contributed by atoms with van der Waals surface area (Å²) in [5.74, 6) is -0.387. The molecule has 0 bridgehead atoms. The van der Waals surface area contributed by atoms with Gasteiger partial charge in [-0.3, -0.25) is 4.79 Å². The first kappa shape index (κ1) is 16.9. The lowest BCUT2D eigenvalue weighted by molar-refractivity contribution is -0.121. The smallest absolute Gasteiger partial charge is 0.243 e. The van der Waals surface area contributed by atoms with Crippen molar-refractivity contribution in [2.24, 2.45) is 0 Å². The minimum absolute atomic E-state index is 0.0918. The van der Waals surface area contributed by atoms with Crippen molar-refractivity contribution in [3.63, 3.8) is 0 Å². The first-order valence-corrected chi connectivity index (χ1v) is 7.67. The molecule has 0 atom stereocenters. The van der Waals surface area contributed by atoms with Crippen molar-refractivity contribution in [1.29, 1.82) is 0 Å². The molecule has 0 fully saturated rings. The van der Waals surface area contributed by atoms with Gasteiger partial charge in [0, 0.05) is 25.7 Å². The van der Waals surface area contributed by atoms with Gasteiger partial charge in [0.05, 0.1) is 18.0 Å². The van der Waals surface area contributed by atoms with Gasteiger partial charge in [0.15, 0.2) is 0 Å². The second kappa shape index (κ2) is 7.58. The Balaban J connectivity index is 2.68. The Labute approximate surface area is 123 Å². The number of amides is 1. The molecule has 1 aromatic carbocycles. The minimum Gasteiger partial charge on any atom is -0.383 e. The van der Waals surface area contributed by atoms with Crippen LogP contribution in [0.5, 0.6) is 0 Å². The van der Waals surface area contributed by atoms with Gasteiger partial charge in [-0.15, -0.1) is 0 Å². The Morgan fingerprint density at radius 2 is 1.95 bits per heavy atom. The molecule has 1 N–H and O–H groups in total. The van der Waals surface area contributed by atoms with E-state index < -0.39 is 10.0 Å². The lowest BCUT2D eigenvalue weighted by Crippen LogP contribution is -2.39. The summed E-state index contributed by atoms with van der Waals surface area (Å²) in [4.78, 5) is 11.7. The largest absolute Gasteiger partial charge is 0.383 e. The summed E-state index contributed by atoms with van der Waals surface area (Å²) >= 11 is 5.71. The Morgan fingerprint density at radius 1 is 1.35 bits per heavy atom. The summed E-state index contributed by atoms with van der Waals surface area (Å²) in [5.41, 5.74) is 0. The number of sulfonamides is 1. The molecular formula is C12H17ClN2O4S. The zero-order chi connectivity index (χ0) is 15.2. The predicted octanol–water partition coefficient (Wildman–Crippen LogP) is 0.723. The number of nitrogens with one attached hydrogen (secondary N) is 1. The van der Waals surface area contributed by atoms with E-state index in [2.05, 4.69) is 5.32 Å². The molecule has 0 unspecified atom stereocenters. The van der Waals surface area contributed by atoms with E-state index >= 15 is 0 Å². The van der Waals surface area contributed by atoms with Gasteiger partial charge in [-0.05, 0) is 24.3 Å². The molecule has 0 aliphatic rings. The number of nitrogens with zero attached hydrogens (tertiary/aromatic N) is 1. The fourth-order valence-corrected chi connectivity index (χ4v) is 2.68. The van der Waals surface area contributed by atoms with Crippen molar-refractivity contribution >= 4 is 27.5 Å². The van der Waals surface area contributed by atoms with Crippen LogP contribution in [0.3, 0.4) is 0 Å². The lowest BCUT2D eigenvalue weighted by atomic mass is 10.4. The molecule has 0 spiro atoms. The van der Waals surface area contributed by atoms with Crippen molar-refractivity contribution in [2.75, 3.05) is 33.9 Å². The van der Waals surface area contributed by atoms with Gasteiger partial charge in [-0.1, -0.05) is 11.6 Å². The van der Waals surface area contributed by atoms with Crippen LogP contribution in [0.1, 0.15) is 0 Å². The maximum atomic E-state index is 12.2. The summed E-state index contributed by atoms with van der Waals surface area (Å²) in [7, 11) is -0.835. The molecule has 1 rings (SSSR count). The van der Waals surface area contributed by atoms with Crippen LogP contribution in [0.15, 0.2) is 29.2 Å². The molecule has 1 amide bonds. The Morgan fingerprint density at radius 3 is 2.50 bits per heavy atom. The number of likely N-dealkylation sites (N-methyl/N-ethyl adjacent to an activating group) is 1. The molecule has 0 saturated heterocycles. The van der Waals surface area contributed by atoms with Crippen LogP contribution < -0.4 is 5.32 Å². The van der Waals surface area contributed by atoms with Crippen LogP contribution >= 0.6 is 11.6 Å². The van der Waals surface area contributed by atoms with Gasteiger partial charge in [0.1, 0.15) is 0 Å². The number of halogens is 1. The average molecular weight is 321 g/mol. The fourth-order valence-electron chi connectivity index (χ4n) is 1.42. The van der Waals surface area contributed by atoms with E-state index in [0.29, 0.717) is 18.2 Å². The highest BCUT2D eigenvalue weighted by molar-refractivity contribution is 7.89. The van der Waals surface area contributed by atoms with Crippen LogP contribution in [0.2, 0.25) is 5.02 Å². The van der Waals surface area contributed by atoms with Crippen molar-refractivity contribution in [1.82, 2.24) is 9.62 Å². The second-order valence-electron chi connectivity index (χ2n) is 4.06. The molecule has 0 heterocycles. The first-order chi connectivity index (χ1) is 9.37. The number of hydrogen-bond acceptors (Lipinski definition) is 4. The Bertz CT molecular complexity index is 545. The number of ether oxygens (including phenoxy) is 1. The Kier molecular flexibility index (Phi) is 6.41. The van der Waals surface area contributed by atoms with Crippen LogP contribution in [-0.2, 0) is 19.6 Å². The van der Waals surface area contributed by atoms with Gasteiger partial charge in [-0.2, -0.15) is 4.31 Å². The topological polar surface area (TPSA) is 75.7 Å². The van der Waals surface area contributed by atoms with Crippen molar-refractivity contribution < 1.29 is 17.9 Å². The zero-order valence-corrected chi connectivity index (χ0v) is 12.9. The molecule has 8 heteroatoms. The molecule has 0 radical (unpaired) electrons. The Hall–Kier alpha value is -1.15. The first-order valence-electron chi connectivity index (χ1n) is 5.85. The molecule has 1 aromatic rings. The molecule has 6 nitrogen and oxygen atoms in total. The van der Waals surface area contributed by atoms with Crippen molar-refractivity contribution in [3.05, 3.63) is 29.3 Å². The highest BCUT2D eigenvalue weighted by Crippen LogP contribution is 2.17. The quantitative estimate of drug-likeness (QED) is 0.751. The zero-order valence-electron chi connectivity index (χ0n) is 11.3. The van der Waals surface area contributed by atoms with Gasteiger partial charge < -0.3 is 10.1 Å². The number of carbonyl (C=O) groups excluding carboxylic acids is 1. The standard InChI is InChI=1S/C12H17ClN2O4S/c1-15(9-12(16)14-7-8-19-2)20(17,18)11-5-3-10(13)4-6-11/h3-6H,7-9H2,1-2H3,(H,14,16). The summed E-state index contributed by atoms with van der Waals surface area (Å²) in [6.45, 7) is 0.457. The van der Waals surface area contributed by atoms with Crippen molar-refractivity contribution in [3.8, 4) is 0 Å². The van der Waals surface area contributed by atoms with E-state index in [1.54, 1.807) is 0 Å². The van der Waals surface area contributed by atoms with Crippen molar-refractivity contribution in [2.45, 2.75) is 4.90 Å². The maximum Gasteiger partial charge on any atom is 0.243 e. The summed E-state index contributed by atoms with van der Waals surface area (Å²) < 4.78 is 30.1. The number of benzene rings is 1. The van der Waals surface area contributed by atoms with E-state index in [9.17, 15) is 13.2 Å². The maximum absolute atomic E-state index is 12.2. The van der Waals surface area contributed by atoms with Gasteiger partial charge in [0.25, 0.3) is 0 Å². The predicted molar refractivity (Wildman–Crippen MR) is 76.2 cm³/mol. The summed E-state index contributed by atoms with van der Waals surface area (Å²) in [6.07, 6.45) is 0. The molecule has 20 heavy (non-hydrogen) atoms. The molecule has 0 aliphatic heterocycles. The van der Waals surface area contributed by atoms with E-state index in [1.165, 1.54) is 38.4 Å². The number of methoxy groups -OCH3 is 1. The molecule has 0 saturated carbocycles. The number of rotatable bonds is 7. The highest BCUT2D eigenvalue weighted by atomic mass is 35.5. The van der Waals surface area contributed by atoms with Crippen LogP contribution in [0, 0.1) is 0 Å². The summed E-state index contributed by atoms with van der Waals surface area (Å²) in [6, 6.07) is 5.77. The molecule has 0 aliphatic carbocycles. The highest BCUT2D eigenvalue weighted by Gasteiger charge is 2.22. The third-order valence-electron chi connectivity index (χ3n) is 2.52. The SMILES string of the molecule is COCCNC(=O)CN(C)S(=O)(=O)c1ccc(Cl)cc1. The molecular weight excluding hydrogens is 304 g/mol. The lowest BCUT2D eigenvalue weighted by Gasteiger charge is -2.16. The van der Waals surface area contributed by atoms with Gasteiger partial charge in [-0.25, -0.2) is 8.42 Å². The monoisotopic (exact) mass is 320 g/mol. The van der Waals surface area contributed by atoms with E-state index in [1.807, 2.05) is 0 Å². The summed E-state index contributed by atoms with van der Waals surface area (Å²) in [5, 5.41) is 3.00. The van der Waals surface area contributed by atoms with Gasteiger partial charge in [0.2, 0.25) is 15.9 Å². The number of carbonyl (C=O) groups is 1. The molecule has 112 valence electrons. The van der Waals surface area contributed by atoms with Crippen LogP contribution in [0.4, 0.5) is 0 Å². The van der Waals surface area contributed by atoms with Gasteiger partial charge >= 0.3 is 0 Å². The van der Waals surface area contributed by atoms with Crippen LogP contribution in [-0.4, -0.2) is 52.5 Å². The fraction of sp³-hybridized carbons (Fsp3) is 0.417. The normalized spacial score (nSPS) is 11.6. The third kappa shape index (κ3) is 4.75. The number of hydrogen-bond donors (Lipinski definition) is 1. The van der Waals surface area contributed by atoms with E-state index in [0.717, 1.165) is 4.31 Å². The minimum atomic E-state index is -3.70. The van der Waals surface area contributed by atoms with E-state index in [4.69, 9.17) is 16.3 Å². The second-order valence-corrected chi connectivity index (χ2v) is 6.54.